The number of thioether (sulfide) groups is 1. The van der Waals surface area contributed by atoms with Crippen LogP contribution in [0.25, 0.3) is 0 Å². The van der Waals surface area contributed by atoms with Crippen molar-refractivity contribution in [1.29, 1.82) is 0 Å². The molecule has 2 atom stereocenters. The predicted molar refractivity (Wildman–Crippen MR) is 58.8 cm³/mol. The van der Waals surface area contributed by atoms with E-state index in [0.29, 0.717) is 5.02 Å². The van der Waals surface area contributed by atoms with E-state index in [4.69, 9.17) is 11.6 Å². The van der Waals surface area contributed by atoms with Crippen molar-refractivity contribution in [3.63, 3.8) is 0 Å². The number of amides is 1. The van der Waals surface area contributed by atoms with Crippen LogP contribution in [-0.2, 0) is 0 Å². The molecule has 1 aliphatic heterocycles. The van der Waals surface area contributed by atoms with Crippen molar-refractivity contribution in [2.45, 2.75) is 18.2 Å². The Labute approximate surface area is 92.0 Å². The molecule has 14 heavy (non-hydrogen) atoms. The van der Waals surface area contributed by atoms with Crippen molar-refractivity contribution in [3.05, 3.63) is 34.9 Å². The molecule has 0 aliphatic carbocycles. The fraction of sp³-hybridized carbons (Fsp3) is 0.300. The molecule has 1 radical (unpaired) electrons. The maximum Gasteiger partial charge on any atom is 0.301 e. The molecular formula is C10H9ClNOS. The topological polar surface area (TPSA) is 31.2 Å². The van der Waals surface area contributed by atoms with Crippen LogP contribution in [-0.4, -0.2) is 11.3 Å². The summed E-state index contributed by atoms with van der Waals surface area (Å²) < 4.78 is 0. The third-order valence-corrected chi connectivity index (χ3v) is 3.65. The first-order valence-electron chi connectivity index (χ1n) is 4.34. The molecule has 1 aliphatic rings. The molecule has 73 valence electrons. The number of benzene rings is 1. The molecule has 0 saturated carbocycles. The van der Waals surface area contributed by atoms with Gasteiger partial charge in [-0.3, -0.25) is 4.79 Å². The number of halogens is 1. The highest BCUT2D eigenvalue weighted by Crippen LogP contribution is 2.38. The predicted octanol–water partition coefficient (Wildman–Crippen LogP) is 3.24. The highest BCUT2D eigenvalue weighted by molar-refractivity contribution is 8.14. The van der Waals surface area contributed by atoms with Gasteiger partial charge in [0.1, 0.15) is 0 Å². The molecule has 1 amide bonds. The Kier molecular flexibility index (Phi) is 2.70. The van der Waals surface area contributed by atoms with Gasteiger partial charge in [0.15, 0.2) is 0 Å². The summed E-state index contributed by atoms with van der Waals surface area (Å²) in [4.78, 5) is 11.1. The van der Waals surface area contributed by atoms with E-state index in [1.54, 1.807) is 0 Å². The summed E-state index contributed by atoms with van der Waals surface area (Å²) in [6.07, 6.45) is 0. The van der Waals surface area contributed by atoms with Crippen LogP contribution in [0.15, 0.2) is 24.3 Å². The van der Waals surface area contributed by atoms with Gasteiger partial charge in [0, 0.05) is 5.02 Å². The molecule has 0 spiro atoms. The van der Waals surface area contributed by atoms with Gasteiger partial charge in [-0.2, -0.15) is 0 Å². The average molecular weight is 227 g/mol. The highest BCUT2D eigenvalue weighted by atomic mass is 35.5. The van der Waals surface area contributed by atoms with Gasteiger partial charge in [0.05, 0.1) is 11.3 Å². The van der Waals surface area contributed by atoms with Gasteiger partial charge in [0.25, 0.3) is 0 Å². The summed E-state index contributed by atoms with van der Waals surface area (Å²) in [6, 6.07) is 7.64. The van der Waals surface area contributed by atoms with Gasteiger partial charge in [-0.05, 0) is 24.6 Å². The second kappa shape index (κ2) is 3.83. The van der Waals surface area contributed by atoms with Crippen LogP contribution in [0.4, 0.5) is 4.79 Å². The van der Waals surface area contributed by atoms with Crippen molar-refractivity contribution >= 4 is 28.6 Å². The van der Waals surface area contributed by atoms with Crippen molar-refractivity contribution in [3.8, 4) is 0 Å². The van der Waals surface area contributed by atoms with Gasteiger partial charge in [0.2, 0.25) is 0 Å². The van der Waals surface area contributed by atoms with E-state index in [0.717, 1.165) is 5.56 Å². The van der Waals surface area contributed by atoms with E-state index in [9.17, 15) is 4.79 Å². The van der Waals surface area contributed by atoms with E-state index in [-0.39, 0.29) is 16.5 Å². The molecule has 0 bridgehead atoms. The van der Waals surface area contributed by atoms with E-state index in [1.165, 1.54) is 11.8 Å². The smallest absolute Gasteiger partial charge is 0.260 e. The second-order valence-electron chi connectivity index (χ2n) is 3.23. The van der Waals surface area contributed by atoms with Gasteiger partial charge < -0.3 is 0 Å². The maximum absolute atomic E-state index is 11.1. The Balaban J connectivity index is 2.23. The van der Waals surface area contributed by atoms with Crippen LogP contribution in [0.1, 0.15) is 17.7 Å². The van der Waals surface area contributed by atoms with Crippen LogP contribution in [0.5, 0.6) is 0 Å². The monoisotopic (exact) mass is 226 g/mol. The molecule has 1 heterocycles. The zero-order chi connectivity index (χ0) is 10.1. The summed E-state index contributed by atoms with van der Waals surface area (Å²) in [6.45, 7) is 1.96. The minimum absolute atomic E-state index is 0.0636. The van der Waals surface area contributed by atoms with Gasteiger partial charge in [-0.15, -0.1) is 0 Å². The lowest BCUT2D eigenvalue weighted by molar-refractivity contribution is 0.259. The minimum Gasteiger partial charge on any atom is -0.260 e. The normalized spacial score (nSPS) is 26.3. The van der Waals surface area contributed by atoms with E-state index >= 15 is 0 Å². The van der Waals surface area contributed by atoms with Gasteiger partial charge >= 0.3 is 5.24 Å². The Bertz CT molecular complexity index is 352. The Morgan fingerprint density at radius 2 is 2.00 bits per heavy atom. The Morgan fingerprint density at radius 1 is 1.36 bits per heavy atom. The summed E-state index contributed by atoms with van der Waals surface area (Å²) >= 11 is 7.07. The standard InChI is InChI=1S/C10H9ClNOS/c1-6-9(14-10(13)12-6)7-2-4-8(11)5-3-7/h2-6,9H,1H3. The Hall–Kier alpha value is -0.670. The average Bonchev–Trinajstić information content (AvgIpc) is 2.47. The maximum atomic E-state index is 11.1. The summed E-state index contributed by atoms with van der Waals surface area (Å²) in [5.74, 6) is 0. The molecule has 1 aromatic carbocycles. The molecule has 2 unspecified atom stereocenters. The molecule has 0 aromatic heterocycles. The van der Waals surface area contributed by atoms with Crippen molar-refractivity contribution in [2.75, 3.05) is 0 Å². The van der Waals surface area contributed by atoms with Crippen LogP contribution < -0.4 is 5.32 Å². The van der Waals surface area contributed by atoms with Crippen molar-refractivity contribution < 1.29 is 4.79 Å². The third kappa shape index (κ3) is 1.88. The third-order valence-electron chi connectivity index (χ3n) is 2.17. The first-order chi connectivity index (χ1) is 6.66. The first-order valence-corrected chi connectivity index (χ1v) is 5.59. The number of hydrogen-bond donors (Lipinski definition) is 0. The molecule has 0 N–H and O–H groups in total. The number of rotatable bonds is 1. The second-order valence-corrected chi connectivity index (χ2v) is 4.75. The molecule has 2 nitrogen and oxygen atoms in total. The number of carbonyl (C=O) groups is 1. The molecule has 4 heteroatoms. The lowest BCUT2D eigenvalue weighted by Gasteiger charge is -2.11. The number of hydrogen-bond acceptors (Lipinski definition) is 2. The quantitative estimate of drug-likeness (QED) is 0.736. The fourth-order valence-corrected chi connectivity index (χ4v) is 2.59. The minimum atomic E-state index is -0.0718. The van der Waals surface area contributed by atoms with Crippen LogP contribution >= 0.6 is 23.4 Å². The molecule has 1 fully saturated rings. The van der Waals surface area contributed by atoms with Crippen LogP contribution in [0.3, 0.4) is 0 Å². The van der Waals surface area contributed by atoms with Crippen molar-refractivity contribution in [2.24, 2.45) is 0 Å². The van der Waals surface area contributed by atoms with E-state index in [1.807, 2.05) is 31.2 Å². The SMILES string of the molecule is CC1[N]C(=O)SC1c1ccc(Cl)cc1. The molecule has 2 rings (SSSR count). The molecular weight excluding hydrogens is 218 g/mol. The largest absolute Gasteiger partial charge is 0.301 e. The fourth-order valence-electron chi connectivity index (χ4n) is 1.47. The lowest BCUT2D eigenvalue weighted by Crippen LogP contribution is -2.16. The first kappa shape index (κ1) is 9.87. The van der Waals surface area contributed by atoms with Crippen LogP contribution in [0, 0.1) is 0 Å². The van der Waals surface area contributed by atoms with Crippen LogP contribution in [0.2, 0.25) is 5.02 Å². The zero-order valence-corrected chi connectivity index (χ0v) is 9.18. The number of carbonyl (C=O) groups excluding carboxylic acids is 1. The summed E-state index contributed by atoms with van der Waals surface area (Å²) in [5, 5.41) is 4.76. The Morgan fingerprint density at radius 3 is 2.50 bits per heavy atom. The van der Waals surface area contributed by atoms with Crippen molar-refractivity contribution in [1.82, 2.24) is 5.32 Å². The highest BCUT2D eigenvalue weighted by Gasteiger charge is 2.32. The summed E-state index contributed by atoms with van der Waals surface area (Å²) in [5.41, 5.74) is 1.11. The van der Waals surface area contributed by atoms with E-state index < -0.39 is 0 Å². The lowest BCUT2D eigenvalue weighted by atomic mass is 10.1. The van der Waals surface area contributed by atoms with E-state index in [2.05, 4.69) is 5.32 Å². The zero-order valence-electron chi connectivity index (χ0n) is 7.61. The number of nitrogens with zero attached hydrogens (tertiary/aromatic N) is 1. The van der Waals surface area contributed by atoms with Gasteiger partial charge in [-0.25, -0.2) is 5.32 Å². The van der Waals surface area contributed by atoms with Gasteiger partial charge in [-0.1, -0.05) is 35.5 Å². The summed E-state index contributed by atoms with van der Waals surface area (Å²) in [7, 11) is 0. The molecule has 1 saturated heterocycles. The molecule has 1 aromatic rings.